The number of para-hydroxylation sites is 1. The molecule has 1 saturated heterocycles. The molecule has 7 heteroatoms. The maximum absolute atomic E-state index is 13.3. The summed E-state index contributed by atoms with van der Waals surface area (Å²) in [6.45, 7) is 1.26. The maximum Gasteiger partial charge on any atom is 0.257 e. The number of carbonyl (C=O) groups is 1. The number of aromatic nitrogens is 3. The molecule has 0 radical (unpaired) electrons. The molecule has 2 aromatic carbocycles. The predicted molar refractivity (Wildman–Crippen MR) is 94.7 cm³/mol. The summed E-state index contributed by atoms with van der Waals surface area (Å²) in [6, 6.07) is 11.9. The van der Waals surface area contributed by atoms with Crippen LogP contribution in [-0.2, 0) is 0 Å². The highest BCUT2D eigenvalue weighted by molar-refractivity contribution is 5.97. The first kappa shape index (κ1) is 16.5. The number of amides is 1. The number of carbonyl (C=O) groups excluding carboxylic acids is 1. The Morgan fingerprint density at radius 3 is 2.73 bits per heavy atom. The van der Waals surface area contributed by atoms with Gasteiger partial charge in [0.25, 0.3) is 5.91 Å². The minimum Gasteiger partial charge on any atom is -0.496 e. The average Bonchev–Trinajstić information content (AvgIpc) is 3.10. The molecule has 2 heterocycles. The van der Waals surface area contributed by atoms with Gasteiger partial charge in [0.15, 0.2) is 0 Å². The third-order valence-electron chi connectivity index (χ3n) is 4.87. The first-order valence-corrected chi connectivity index (χ1v) is 8.60. The van der Waals surface area contributed by atoms with Gasteiger partial charge in [-0.1, -0.05) is 17.3 Å². The van der Waals surface area contributed by atoms with E-state index in [1.54, 1.807) is 25.3 Å². The van der Waals surface area contributed by atoms with E-state index in [-0.39, 0.29) is 17.8 Å². The van der Waals surface area contributed by atoms with Crippen molar-refractivity contribution >= 4 is 16.9 Å². The molecule has 0 bridgehead atoms. The number of fused-ring (bicyclic) bond motifs is 1. The Morgan fingerprint density at radius 1 is 1.19 bits per heavy atom. The zero-order chi connectivity index (χ0) is 18.1. The summed E-state index contributed by atoms with van der Waals surface area (Å²) in [6.07, 6.45) is 1.55. The van der Waals surface area contributed by atoms with Crippen LogP contribution in [-0.4, -0.2) is 46.0 Å². The molecule has 134 valence electrons. The molecule has 1 fully saturated rings. The van der Waals surface area contributed by atoms with Crippen LogP contribution in [0.25, 0.3) is 11.0 Å². The van der Waals surface area contributed by atoms with Crippen LogP contribution >= 0.6 is 0 Å². The Labute approximate surface area is 150 Å². The third-order valence-corrected chi connectivity index (χ3v) is 4.87. The first-order valence-electron chi connectivity index (χ1n) is 8.60. The zero-order valence-corrected chi connectivity index (χ0v) is 14.4. The number of benzene rings is 2. The Hall–Kier alpha value is -2.96. The van der Waals surface area contributed by atoms with Crippen molar-refractivity contribution in [2.75, 3.05) is 20.2 Å². The van der Waals surface area contributed by atoms with E-state index in [4.69, 9.17) is 4.74 Å². The van der Waals surface area contributed by atoms with E-state index in [0.29, 0.717) is 29.9 Å². The average molecular weight is 354 g/mol. The van der Waals surface area contributed by atoms with Crippen LogP contribution in [0.2, 0.25) is 0 Å². The second-order valence-corrected chi connectivity index (χ2v) is 6.39. The Morgan fingerprint density at radius 2 is 1.96 bits per heavy atom. The summed E-state index contributed by atoms with van der Waals surface area (Å²) in [4.78, 5) is 14.6. The second kappa shape index (κ2) is 6.74. The van der Waals surface area contributed by atoms with Gasteiger partial charge in [0.05, 0.1) is 24.2 Å². The maximum atomic E-state index is 13.3. The van der Waals surface area contributed by atoms with Crippen LogP contribution in [0.1, 0.15) is 29.2 Å². The van der Waals surface area contributed by atoms with E-state index in [1.165, 1.54) is 12.1 Å². The van der Waals surface area contributed by atoms with Gasteiger partial charge in [0.2, 0.25) is 0 Å². The van der Waals surface area contributed by atoms with Crippen molar-refractivity contribution in [2.24, 2.45) is 0 Å². The van der Waals surface area contributed by atoms with Gasteiger partial charge in [-0.05, 0) is 37.1 Å². The normalized spacial score (nSPS) is 15.4. The molecule has 0 aliphatic carbocycles. The molecule has 0 spiro atoms. The van der Waals surface area contributed by atoms with Crippen molar-refractivity contribution in [1.82, 2.24) is 19.9 Å². The van der Waals surface area contributed by atoms with Crippen LogP contribution in [0.4, 0.5) is 4.39 Å². The molecule has 0 saturated carbocycles. The number of halogens is 1. The van der Waals surface area contributed by atoms with Gasteiger partial charge in [-0.3, -0.25) is 4.79 Å². The van der Waals surface area contributed by atoms with Gasteiger partial charge >= 0.3 is 0 Å². The van der Waals surface area contributed by atoms with Crippen LogP contribution < -0.4 is 4.74 Å². The molecule has 26 heavy (non-hydrogen) atoms. The highest BCUT2D eigenvalue weighted by Gasteiger charge is 2.27. The number of hydrogen-bond acceptors (Lipinski definition) is 4. The number of ether oxygens (including phenoxy) is 1. The minimum atomic E-state index is -0.318. The fourth-order valence-electron chi connectivity index (χ4n) is 3.49. The molecule has 0 atom stereocenters. The number of piperidine rings is 1. The van der Waals surface area contributed by atoms with Crippen LogP contribution in [0.15, 0.2) is 42.5 Å². The lowest BCUT2D eigenvalue weighted by atomic mass is 10.0. The molecule has 1 aliphatic rings. The van der Waals surface area contributed by atoms with Crippen LogP contribution in [0.3, 0.4) is 0 Å². The number of nitrogens with zero attached hydrogens (tertiary/aromatic N) is 4. The van der Waals surface area contributed by atoms with Gasteiger partial charge in [0.1, 0.15) is 17.1 Å². The van der Waals surface area contributed by atoms with Crippen molar-refractivity contribution in [1.29, 1.82) is 0 Å². The molecule has 1 amide bonds. The second-order valence-electron chi connectivity index (χ2n) is 6.39. The van der Waals surface area contributed by atoms with Crippen molar-refractivity contribution < 1.29 is 13.9 Å². The Balaban J connectivity index is 1.49. The zero-order valence-electron chi connectivity index (χ0n) is 14.4. The van der Waals surface area contributed by atoms with E-state index < -0.39 is 0 Å². The number of likely N-dealkylation sites (tertiary alicyclic amines) is 1. The van der Waals surface area contributed by atoms with Gasteiger partial charge < -0.3 is 9.64 Å². The summed E-state index contributed by atoms with van der Waals surface area (Å²) >= 11 is 0. The van der Waals surface area contributed by atoms with E-state index in [2.05, 4.69) is 10.3 Å². The SMILES string of the molecule is COc1ccccc1C(=O)N1CCC(n2nnc3cc(F)ccc32)CC1. The smallest absolute Gasteiger partial charge is 0.257 e. The lowest BCUT2D eigenvalue weighted by Gasteiger charge is -2.32. The van der Waals surface area contributed by atoms with Gasteiger partial charge in [0, 0.05) is 19.2 Å². The largest absolute Gasteiger partial charge is 0.496 e. The molecule has 6 nitrogen and oxygen atoms in total. The lowest BCUT2D eigenvalue weighted by Crippen LogP contribution is -2.39. The van der Waals surface area contributed by atoms with E-state index in [1.807, 2.05) is 21.7 Å². The molecule has 1 aliphatic heterocycles. The van der Waals surface area contributed by atoms with Crippen molar-refractivity contribution in [3.8, 4) is 5.75 Å². The van der Waals surface area contributed by atoms with Crippen LogP contribution in [0.5, 0.6) is 5.75 Å². The van der Waals surface area contributed by atoms with E-state index in [0.717, 1.165) is 18.4 Å². The molecular formula is C19H19FN4O2. The monoisotopic (exact) mass is 354 g/mol. The molecule has 0 unspecified atom stereocenters. The molecule has 1 aromatic heterocycles. The minimum absolute atomic E-state index is 0.0218. The standard InChI is InChI=1S/C19H19FN4O2/c1-26-18-5-3-2-4-15(18)19(25)23-10-8-14(9-11-23)24-17-7-6-13(20)12-16(17)21-22-24/h2-7,12,14H,8-11H2,1H3. The highest BCUT2D eigenvalue weighted by atomic mass is 19.1. The number of rotatable bonds is 3. The predicted octanol–water partition coefficient (Wildman–Crippen LogP) is 3.06. The highest BCUT2D eigenvalue weighted by Crippen LogP contribution is 2.28. The molecule has 3 aromatic rings. The fraction of sp³-hybridized carbons (Fsp3) is 0.316. The first-order chi connectivity index (χ1) is 12.7. The van der Waals surface area contributed by atoms with Crippen molar-refractivity contribution in [2.45, 2.75) is 18.9 Å². The quantitative estimate of drug-likeness (QED) is 0.725. The Bertz CT molecular complexity index is 948. The third kappa shape index (κ3) is 2.89. The molecular weight excluding hydrogens is 335 g/mol. The summed E-state index contributed by atoms with van der Waals surface area (Å²) in [5, 5.41) is 8.25. The molecule has 4 rings (SSSR count). The van der Waals surface area contributed by atoms with Gasteiger partial charge in [-0.15, -0.1) is 5.10 Å². The summed E-state index contributed by atoms with van der Waals surface area (Å²) < 4.78 is 20.5. The van der Waals surface area contributed by atoms with E-state index in [9.17, 15) is 9.18 Å². The number of methoxy groups -OCH3 is 1. The van der Waals surface area contributed by atoms with Crippen molar-refractivity contribution in [3.63, 3.8) is 0 Å². The lowest BCUT2D eigenvalue weighted by molar-refractivity contribution is 0.0687. The van der Waals surface area contributed by atoms with Crippen molar-refractivity contribution in [3.05, 3.63) is 53.8 Å². The van der Waals surface area contributed by atoms with Gasteiger partial charge in [-0.2, -0.15) is 0 Å². The fourth-order valence-corrected chi connectivity index (χ4v) is 3.49. The summed E-state index contributed by atoms with van der Waals surface area (Å²) in [7, 11) is 1.57. The number of hydrogen-bond donors (Lipinski definition) is 0. The van der Waals surface area contributed by atoms with Gasteiger partial charge in [-0.25, -0.2) is 9.07 Å². The topological polar surface area (TPSA) is 60.2 Å². The van der Waals surface area contributed by atoms with Crippen LogP contribution in [0, 0.1) is 5.82 Å². The summed E-state index contributed by atoms with van der Waals surface area (Å²) in [5.41, 5.74) is 1.95. The molecule has 0 N–H and O–H groups in total. The van der Waals surface area contributed by atoms with E-state index >= 15 is 0 Å². The Kier molecular flexibility index (Phi) is 4.28. The summed E-state index contributed by atoms with van der Waals surface area (Å²) in [5.74, 6) is 0.247.